The molecule has 0 saturated carbocycles. The van der Waals surface area contributed by atoms with Gasteiger partial charge < -0.3 is 88.4 Å². The predicted molar refractivity (Wildman–Crippen MR) is 391 cm³/mol. The first kappa shape index (κ1) is 114. The molecule has 2 aromatic carbocycles. The van der Waals surface area contributed by atoms with Crippen molar-refractivity contribution in [2.45, 2.75) is 140 Å². The van der Waals surface area contributed by atoms with E-state index in [1.165, 1.54) is 18.3 Å². The van der Waals surface area contributed by atoms with Gasteiger partial charge in [-0.05, 0) is 127 Å². The molecule has 48 heteroatoms. The predicted octanol–water partition coefficient (Wildman–Crippen LogP) is -16.6. The van der Waals surface area contributed by atoms with Crippen LogP contribution in [0.2, 0.25) is 5.02 Å². The van der Waals surface area contributed by atoms with E-state index in [1.54, 1.807) is 75.4 Å². The first-order chi connectivity index (χ1) is 51.7. The normalized spacial score (nSPS) is 19.1. The Balaban J connectivity index is -0.00000977. The van der Waals surface area contributed by atoms with Crippen LogP contribution in [0.3, 0.4) is 0 Å². The molecule has 1 aliphatic heterocycles. The quantitative estimate of drug-likeness (QED) is 0.00845. The maximum atomic E-state index is 14.8. The maximum Gasteiger partial charge on any atom is 1.00 e. The topological polar surface area (TPSA) is 614 Å². The number of hydrogen-bond acceptors (Lipinski definition) is 31. The molecule has 39 nitrogen and oxygen atoms in total. The summed E-state index contributed by atoms with van der Waals surface area (Å²) in [5.41, 5.74) is 1.59. The van der Waals surface area contributed by atoms with Crippen LogP contribution >= 0.6 is 11.6 Å². The van der Waals surface area contributed by atoms with Crippen molar-refractivity contribution in [1.29, 1.82) is 0 Å². The number of nitrogens with zero attached hydrogens (tertiary/aromatic N) is 1. The number of ketones is 3. The monoisotopic (exact) mass is 1740 g/mol. The molecule has 0 unspecified atom stereocenters. The molecule has 8 amide bonds. The summed E-state index contributed by atoms with van der Waals surface area (Å²) >= 11 is 6.18. The Kier molecular flexibility index (Phi) is 60.6. The van der Waals surface area contributed by atoms with Crippen LogP contribution in [0.15, 0.2) is 72.9 Å². The number of halogens is 1. The number of hydrogen-bond donors (Lipinski definition) is 15. The fourth-order valence-electron chi connectivity index (χ4n) is 10.9. The molecule has 614 valence electrons. The van der Waals surface area contributed by atoms with Crippen LogP contribution in [-0.2, 0) is 95.8 Å². The second kappa shape index (κ2) is 60.8. The summed E-state index contributed by atoms with van der Waals surface area (Å²) in [6, 6.07) is 6.64. The van der Waals surface area contributed by atoms with E-state index in [-0.39, 0.29) is 181 Å². The van der Waals surface area contributed by atoms with Gasteiger partial charge in [0.1, 0.15) is 56.5 Å². The van der Waals surface area contributed by atoms with Gasteiger partial charge >= 0.3 is 139 Å². The Morgan fingerprint density at radius 1 is 0.649 bits per heavy atom. The zero-order chi connectivity index (χ0) is 82.8. The Morgan fingerprint density at radius 3 is 1.71 bits per heavy atom. The smallest absolute Gasteiger partial charge is 0.747 e. The number of aromatic nitrogens is 1. The van der Waals surface area contributed by atoms with Crippen LogP contribution in [0.1, 0.15) is 101 Å². The molecule has 3 aromatic rings. The van der Waals surface area contributed by atoms with Gasteiger partial charge in [0.05, 0.1) is 42.1 Å². The number of Topliss-reactive ketones (excluding diaryl/α,β-unsaturated/α-hetero) is 3. The van der Waals surface area contributed by atoms with Crippen molar-refractivity contribution in [3.8, 4) is 11.3 Å². The number of amides is 8. The Bertz CT molecular complexity index is 4030. The molecule has 1 fully saturated rings. The van der Waals surface area contributed by atoms with Gasteiger partial charge in [0, 0.05) is 60.0 Å². The second-order valence-electron chi connectivity index (χ2n) is 25.4. The zero-order valence-corrected chi connectivity index (χ0v) is 76.7. The van der Waals surface area contributed by atoms with Gasteiger partial charge in [-0.25, -0.2) is 16.8 Å². The largest absolute Gasteiger partial charge is 1.00 e. The molecule has 11 atom stereocenters. The van der Waals surface area contributed by atoms with E-state index in [1.807, 2.05) is 0 Å². The number of aliphatic hydroxyl groups is 2. The minimum atomic E-state index is -4.83. The molecule has 1 aromatic heterocycles. The Labute approximate surface area is 758 Å². The molecule has 1 aliphatic rings. The van der Waals surface area contributed by atoms with Gasteiger partial charge in [0.25, 0.3) is 0 Å². The third-order valence-electron chi connectivity index (χ3n) is 16.3. The maximum absolute atomic E-state index is 14.8. The summed E-state index contributed by atoms with van der Waals surface area (Å²) in [6.45, 7) is 4.32. The average molecular weight is 1740 g/mol. The Morgan fingerprint density at radius 2 is 1.18 bits per heavy atom. The molecule has 4 rings (SSSR count). The van der Waals surface area contributed by atoms with Crippen molar-refractivity contribution in [3.05, 3.63) is 103 Å². The van der Waals surface area contributed by atoms with E-state index in [0.29, 0.717) is 28.4 Å². The first-order valence-electron chi connectivity index (χ1n) is 34.3. The van der Waals surface area contributed by atoms with Crippen LogP contribution in [0.4, 0.5) is 0 Å². The molecule has 0 radical (unpaired) electrons. The zero-order valence-electron chi connectivity index (χ0n) is 64.7. The fourth-order valence-corrected chi connectivity index (χ4v) is 11.9. The van der Waals surface area contributed by atoms with E-state index in [0.717, 1.165) is 6.92 Å². The van der Waals surface area contributed by atoms with Crippen molar-refractivity contribution < 1.29 is 232 Å². The van der Waals surface area contributed by atoms with Gasteiger partial charge in [-0.15, -0.1) is 25.3 Å². The Hall–Kier alpha value is -4.57. The number of nitrogens with one attached hydrogen (secondary N) is 13. The molecular formula is C66H95ClN14Na4O25S4. The van der Waals surface area contributed by atoms with Crippen molar-refractivity contribution in [2.24, 2.45) is 23.7 Å². The van der Waals surface area contributed by atoms with Gasteiger partial charge in [-0.2, -0.15) is 0 Å². The third-order valence-corrected chi connectivity index (χ3v) is 17.6. The fraction of sp³-hybridized carbons (Fsp3) is 0.545. The van der Waals surface area contributed by atoms with Crippen molar-refractivity contribution in [2.75, 3.05) is 64.2 Å². The van der Waals surface area contributed by atoms with Crippen LogP contribution in [0.5, 0.6) is 0 Å². The number of pyridine rings is 1. The number of carbonyl (C=O) groups excluding carboxylic acids is 11. The summed E-state index contributed by atoms with van der Waals surface area (Å²) < 4.78 is 119. The van der Waals surface area contributed by atoms with Crippen molar-refractivity contribution in [3.63, 3.8) is 0 Å². The van der Waals surface area contributed by atoms with Crippen molar-refractivity contribution in [1.82, 2.24) is 74.1 Å². The van der Waals surface area contributed by atoms with Crippen LogP contribution in [0, 0.1) is 37.8 Å². The van der Waals surface area contributed by atoms with E-state index in [9.17, 15) is 88.9 Å². The van der Waals surface area contributed by atoms with E-state index < -0.39 is 242 Å². The summed E-state index contributed by atoms with van der Waals surface area (Å²) in [5, 5.41) is 55.4. The van der Waals surface area contributed by atoms with E-state index >= 15 is 0 Å². The first-order valence-corrected chi connectivity index (χ1v) is 39.8. The third kappa shape index (κ3) is 47.9. The SMILES string of the molecule is O=S(=O)=O.O=S(=O)=O.[CH2-]NCC[C@@H]1NC(=O)[C@@H](NC(=O)[C@@H](CN[CH2-])CC(=O)[C@H](CO)NC(=O)[C@H](CCNCS(=O)(=O)[O-])CC(=O)c2ccnc(-c3cccc(Cl)c3)c2)CCNC(=O)[C@H]([C@@H](C)O)NC(=O)[C@H](CCNCS(=O)(=O)[O-])NC(=O)[C@H](CCNCC)NC(=O)[C@H](CC(C)C)CC(=O)[C@@H](Cc2ccccc2)NC1=O.[Na+].[Na+].[Na+].[Na+]. The summed E-state index contributed by atoms with van der Waals surface area (Å²) in [5.74, 6) is -16.4. The van der Waals surface area contributed by atoms with Crippen LogP contribution in [0.25, 0.3) is 11.3 Å². The second-order valence-corrected chi connectivity index (χ2v) is 29.5. The molecule has 114 heavy (non-hydrogen) atoms. The number of aliphatic hydroxyl groups excluding tert-OH is 2. The van der Waals surface area contributed by atoms with E-state index in [2.05, 4.69) is 88.2 Å². The standard InChI is InChI=1S/C66H97ClN14O19S2.4Na.2O3S/c1-7-70-24-19-49-62(90)78-50(20-25-72-38-102(98,99)100)65(93)81-58(40(4)83)66(94)74-27-21-51(63(91)77-48(18-22-68-5)64(92)79-53(29-41-12-9-8-10-13-41)56(85)33-45(28-39(2)3)60(88)75-49)76-61(89)46(35-69-6)34-57(86)54(36-82)80-59(87)44(16-23-71-37-101(95,96)97)32-55(84)43-17-26-73-52(31-43)42-14-11-15-47(67)30-42;;;;;2*1-4(2)3/h8-15,17,26,30-31,39-40,44-46,48-51,53-54,58,68-72,82-83H,5-7,16,18-25,27-29,32-38H2,1-4H3,(H,74,94)(H,75,88)(H,76,89)(H,77,91)(H,78,90)(H,79,92)(H,80,87)(H,81,93)(H,95,96,97)(H,98,99,100);;;;;;/q-2;4*+1;;/p-2/t40-,44-,45-,46-,48+,49+,50+,51+,53-,54+,58+;;;;;;/m1....../s1. The molecule has 0 aliphatic carbocycles. The van der Waals surface area contributed by atoms with Crippen LogP contribution < -0.4 is 187 Å². The summed E-state index contributed by atoms with van der Waals surface area (Å²) in [4.78, 5) is 163. The number of rotatable bonds is 36. The van der Waals surface area contributed by atoms with Crippen molar-refractivity contribution >= 4 is 118 Å². The molecule has 2 heterocycles. The summed E-state index contributed by atoms with van der Waals surface area (Å²) in [6.07, 6.45) is -3.77. The van der Waals surface area contributed by atoms with E-state index in [4.69, 9.17) is 36.9 Å². The molecule has 0 bridgehead atoms. The van der Waals surface area contributed by atoms with Gasteiger partial charge in [-0.3, -0.25) is 71.8 Å². The molecule has 0 spiro atoms. The van der Waals surface area contributed by atoms with Crippen LogP contribution in [-0.4, -0.2) is 244 Å². The molecular weight excluding hydrogens is 1640 g/mol. The number of benzene rings is 2. The molecule has 15 N–H and O–H groups in total. The van der Waals surface area contributed by atoms with Gasteiger partial charge in [0.15, 0.2) is 17.3 Å². The van der Waals surface area contributed by atoms with Gasteiger partial charge in [0.2, 0.25) is 47.3 Å². The minimum Gasteiger partial charge on any atom is -0.747 e. The number of carbonyl (C=O) groups is 11. The average Bonchev–Trinajstić information content (AvgIpc) is 0.933. The summed E-state index contributed by atoms with van der Waals surface area (Å²) in [7, 11) is -8.64. The van der Waals surface area contributed by atoms with Gasteiger partial charge in [-0.1, -0.05) is 74.8 Å². The minimum absolute atomic E-state index is 0. The molecule has 1 saturated heterocycles.